The van der Waals surface area contributed by atoms with Gasteiger partial charge < -0.3 is 16.0 Å². The zero-order valence-corrected chi connectivity index (χ0v) is 17.1. The molecule has 1 aliphatic heterocycles. The number of nitrogens with one attached hydrogen (secondary N) is 1. The maximum absolute atomic E-state index is 12.5. The Hall–Kier alpha value is -2.66. The summed E-state index contributed by atoms with van der Waals surface area (Å²) in [6.07, 6.45) is 3.07. The quantitative estimate of drug-likeness (QED) is 0.759. The van der Waals surface area contributed by atoms with E-state index in [1.807, 2.05) is 41.3 Å². The minimum Gasteiger partial charge on any atom is -0.347 e. The zero-order chi connectivity index (χ0) is 20.6. The Kier molecular flexibility index (Phi) is 7.42. The van der Waals surface area contributed by atoms with Gasteiger partial charge in [-0.15, -0.1) is 0 Å². The van der Waals surface area contributed by atoms with Crippen LogP contribution >= 0.6 is 0 Å². The molecule has 0 aromatic heterocycles. The van der Waals surface area contributed by atoms with Gasteiger partial charge in [-0.05, 0) is 36.3 Å². The molecule has 1 saturated heterocycles. The maximum Gasteiger partial charge on any atom is 0.241 e. The van der Waals surface area contributed by atoms with Gasteiger partial charge in [-0.2, -0.15) is 0 Å². The summed E-state index contributed by atoms with van der Waals surface area (Å²) in [5.41, 5.74) is 8.48. The topological polar surface area (TPSA) is 75.4 Å². The van der Waals surface area contributed by atoms with Crippen LogP contribution in [0.3, 0.4) is 0 Å². The number of carbonyl (C=O) groups is 2. The third kappa shape index (κ3) is 5.91. The number of rotatable bonds is 7. The van der Waals surface area contributed by atoms with Crippen molar-refractivity contribution in [1.29, 1.82) is 0 Å². The van der Waals surface area contributed by atoms with Gasteiger partial charge in [-0.3, -0.25) is 9.59 Å². The lowest BCUT2D eigenvalue weighted by Gasteiger charge is -2.32. The van der Waals surface area contributed by atoms with Crippen LogP contribution in [-0.2, 0) is 16.0 Å². The molecule has 5 nitrogen and oxygen atoms in total. The molecule has 154 valence electrons. The van der Waals surface area contributed by atoms with Gasteiger partial charge >= 0.3 is 0 Å². The molecular weight excluding hydrogens is 362 g/mol. The van der Waals surface area contributed by atoms with E-state index < -0.39 is 5.92 Å². The third-order valence-electron chi connectivity index (χ3n) is 5.88. The van der Waals surface area contributed by atoms with Crippen LogP contribution in [0.2, 0.25) is 0 Å². The number of amides is 2. The van der Waals surface area contributed by atoms with Gasteiger partial charge in [0.05, 0.1) is 12.5 Å². The maximum atomic E-state index is 12.5. The van der Waals surface area contributed by atoms with Crippen LogP contribution in [0, 0.1) is 11.8 Å². The fourth-order valence-electron chi connectivity index (χ4n) is 3.90. The number of nitrogens with zero attached hydrogens (tertiary/aromatic N) is 1. The summed E-state index contributed by atoms with van der Waals surface area (Å²) in [6.45, 7) is 3.34. The van der Waals surface area contributed by atoms with Crippen LogP contribution in [0.1, 0.15) is 36.9 Å². The van der Waals surface area contributed by atoms with E-state index in [1.54, 1.807) is 6.92 Å². The summed E-state index contributed by atoms with van der Waals surface area (Å²) in [5, 5.41) is 2.77. The smallest absolute Gasteiger partial charge is 0.241 e. The Morgan fingerprint density at radius 2 is 1.62 bits per heavy atom. The number of hydrogen-bond acceptors (Lipinski definition) is 3. The van der Waals surface area contributed by atoms with Gasteiger partial charge in [0.2, 0.25) is 11.8 Å². The minimum absolute atomic E-state index is 0.0167. The second kappa shape index (κ2) is 10.2. The number of benzene rings is 2. The van der Waals surface area contributed by atoms with E-state index in [0.29, 0.717) is 5.92 Å². The Balaban J connectivity index is 1.41. The molecule has 5 heteroatoms. The van der Waals surface area contributed by atoms with Crippen molar-refractivity contribution >= 4 is 11.8 Å². The van der Waals surface area contributed by atoms with E-state index in [1.165, 1.54) is 5.56 Å². The molecule has 2 unspecified atom stereocenters. The molecule has 2 amide bonds. The van der Waals surface area contributed by atoms with Gasteiger partial charge in [-0.1, -0.05) is 67.6 Å². The zero-order valence-electron chi connectivity index (χ0n) is 17.1. The second-order valence-electron chi connectivity index (χ2n) is 7.96. The summed E-state index contributed by atoms with van der Waals surface area (Å²) in [5.74, 6) is 0.00685. The van der Waals surface area contributed by atoms with Crippen molar-refractivity contribution in [1.82, 2.24) is 10.2 Å². The molecular formula is C24H31N3O2. The minimum atomic E-state index is -0.401. The molecule has 3 N–H and O–H groups in total. The largest absolute Gasteiger partial charge is 0.347 e. The predicted molar refractivity (Wildman–Crippen MR) is 115 cm³/mol. The molecule has 0 bridgehead atoms. The number of nitrogens with two attached hydrogens (primary N) is 1. The van der Waals surface area contributed by atoms with E-state index in [4.69, 9.17) is 5.73 Å². The average molecular weight is 394 g/mol. The Morgan fingerprint density at radius 1 is 1.03 bits per heavy atom. The lowest BCUT2D eigenvalue weighted by Crippen LogP contribution is -2.46. The number of likely N-dealkylation sites (tertiary alicyclic amines) is 1. The highest BCUT2D eigenvalue weighted by Gasteiger charge is 2.25. The molecule has 0 spiro atoms. The van der Waals surface area contributed by atoms with Gasteiger partial charge in [0, 0.05) is 19.1 Å². The molecule has 1 heterocycles. The molecule has 3 rings (SSSR count). The fraction of sp³-hybridized carbons (Fsp3) is 0.417. The van der Waals surface area contributed by atoms with Gasteiger partial charge in [-0.25, -0.2) is 0 Å². The van der Waals surface area contributed by atoms with Crippen LogP contribution in [0.4, 0.5) is 0 Å². The summed E-state index contributed by atoms with van der Waals surface area (Å²) < 4.78 is 0. The van der Waals surface area contributed by atoms with E-state index in [9.17, 15) is 9.59 Å². The first kappa shape index (κ1) is 21.1. The number of carbonyl (C=O) groups excluding carboxylic acids is 2. The first-order chi connectivity index (χ1) is 14.0. The Bertz CT molecular complexity index is 786. The fourth-order valence-corrected chi connectivity index (χ4v) is 3.90. The SMILES string of the molecule is CC(C(=O)NCC(=O)N1CCC(Cc2ccccc2)CC1)C(N)c1ccccc1. The van der Waals surface area contributed by atoms with Crippen LogP contribution in [0.15, 0.2) is 60.7 Å². The lowest BCUT2D eigenvalue weighted by atomic mass is 9.90. The van der Waals surface area contributed by atoms with Gasteiger partial charge in [0.25, 0.3) is 0 Å². The van der Waals surface area contributed by atoms with Gasteiger partial charge in [0.15, 0.2) is 0 Å². The standard InChI is InChI=1S/C24H31N3O2/c1-18(23(25)21-10-6-3-7-11-21)24(29)26-17-22(28)27-14-12-20(13-15-27)16-19-8-4-2-5-9-19/h2-11,18,20,23H,12-17,25H2,1H3,(H,26,29). The van der Waals surface area contributed by atoms with Crippen molar-refractivity contribution in [3.63, 3.8) is 0 Å². The van der Waals surface area contributed by atoms with Crippen molar-refractivity contribution in [2.75, 3.05) is 19.6 Å². The molecule has 0 radical (unpaired) electrons. The highest BCUT2D eigenvalue weighted by molar-refractivity contribution is 5.86. The summed E-state index contributed by atoms with van der Waals surface area (Å²) in [6, 6.07) is 19.7. The molecule has 0 aliphatic carbocycles. The van der Waals surface area contributed by atoms with Crippen LogP contribution in [-0.4, -0.2) is 36.3 Å². The van der Waals surface area contributed by atoms with Crippen LogP contribution in [0.25, 0.3) is 0 Å². The summed E-state index contributed by atoms with van der Waals surface area (Å²) in [4.78, 5) is 26.8. The second-order valence-corrected chi connectivity index (χ2v) is 7.96. The monoisotopic (exact) mass is 393 g/mol. The summed E-state index contributed by atoms with van der Waals surface area (Å²) in [7, 11) is 0. The molecule has 2 aromatic rings. The highest BCUT2D eigenvalue weighted by Crippen LogP contribution is 2.22. The van der Waals surface area contributed by atoms with E-state index in [2.05, 4.69) is 29.6 Å². The van der Waals surface area contributed by atoms with Crippen molar-refractivity contribution in [3.05, 3.63) is 71.8 Å². The van der Waals surface area contributed by atoms with Crippen molar-refractivity contribution in [3.8, 4) is 0 Å². The average Bonchev–Trinajstić information content (AvgIpc) is 2.78. The van der Waals surface area contributed by atoms with Crippen LogP contribution in [0.5, 0.6) is 0 Å². The molecule has 0 saturated carbocycles. The Labute approximate surface area is 173 Å². The normalized spacial score (nSPS) is 16.8. The number of hydrogen-bond donors (Lipinski definition) is 2. The summed E-state index contributed by atoms with van der Waals surface area (Å²) >= 11 is 0. The Morgan fingerprint density at radius 3 is 2.24 bits per heavy atom. The van der Waals surface area contributed by atoms with Crippen LogP contribution < -0.4 is 11.1 Å². The first-order valence-electron chi connectivity index (χ1n) is 10.4. The molecule has 29 heavy (non-hydrogen) atoms. The van der Waals surface area contributed by atoms with E-state index in [0.717, 1.165) is 37.9 Å². The molecule has 1 fully saturated rings. The highest BCUT2D eigenvalue weighted by atomic mass is 16.2. The van der Waals surface area contributed by atoms with Crippen molar-refractivity contribution < 1.29 is 9.59 Å². The first-order valence-corrected chi connectivity index (χ1v) is 10.4. The van der Waals surface area contributed by atoms with E-state index in [-0.39, 0.29) is 24.4 Å². The van der Waals surface area contributed by atoms with E-state index >= 15 is 0 Å². The number of piperidine rings is 1. The molecule has 2 atom stereocenters. The van der Waals surface area contributed by atoms with Gasteiger partial charge in [0.1, 0.15) is 0 Å². The van der Waals surface area contributed by atoms with Crippen molar-refractivity contribution in [2.45, 2.75) is 32.2 Å². The molecule has 2 aromatic carbocycles. The lowest BCUT2D eigenvalue weighted by molar-refractivity contribution is -0.135. The predicted octanol–water partition coefficient (Wildman–Crippen LogP) is 2.92. The molecule has 1 aliphatic rings. The third-order valence-corrected chi connectivity index (χ3v) is 5.88. The van der Waals surface area contributed by atoms with Crippen molar-refractivity contribution in [2.24, 2.45) is 17.6 Å².